The molecule has 0 heterocycles. The van der Waals surface area contributed by atoms with Gasteiger partial charge in [0.1, 0.15) is 12.6 Å². The molecule has 2 rings (SSSR count). The third kappa shape index (κ3) is 8.88. The normalized spacial score (nSPS) is 12.3. The van der Waals surface area contributed by atoms with Crippen molar-refractivity contribution in [1.82, 2.24) is 10.6 Å². The Bertz CT molecular complexity index is 893. The summed E-state index contributed by atoms with van der Waals surface area (Å²) in [4.78, 5) is 48.0. The highest BCUT2D eigenvalue weighted by atomic mass is 35.5. The van der Waals surface area contributed by atoms with E-state index < -0.39 is 41.7 Å². The summed E-state index contributed by atoms with van der Waals surface area (Å²) in [6.45, 7) is -0.0202. The number of ether oxygens (including phenoxy) is 1. The van der Waals surface area contributed by atoms with Crippen LogP contribution >= 0.6 is 11.6 Å². The van der Waals surface area contributed by atoms with E-state index in [9.17, 15) is 19.2 Å². The van der Waals surface area contributed by atoms with E-state index in [-0.39, 0.29) is 13.0 Å². The second-order valence-corrected chi connectivity index (χ2v) is 7.19. The van der Waals surface area contributed by atoms with E-state index in [1.165, 1.54) is 0 Å². The van der Waals surface area contributed by atoms with Crippen LogP contribution in [0, 0.1) is 0 Å². The van der Waals surface area contributed by atoms with Gasteiger partial charge in [0.25, 0.3) is 0 Å². The highest BCUT2D eigenvalue weighted by Gasteiger charge is 2.27. The number of amides is 3. The number of alkyl halides is 1. The summed E-state index contributed by atoms with van der Waals surface area (Å²) in [6, 6.07) is 16.9. The van der Waals surface area contributed by atoms with Crippen molar-refractivity contribution in [1.29, 1.82) is 0 Å². The quantitative estimate of drug-likeness (QED) is 0.360. The molecule has 3 amide bonds. The van der Waals surface area contributed by atoms with Crippen molar-refractivity contribution >= 4 is 35.3 Å². The minimum absolute atomic E-state index is 0.0202. The molecule has 0 fully saturated rings. The first-order valence-corrected chi connectivity index (χ1v) is 10.1. The van der Waals surface area contributed by atoms with E-state index >= 15 is 0 Å². The minimum atomic E-state index is -1.33. The minimum Gasteiger partial charge on any atom is -0.445 e. The van der Waals surface area contributed by atoms with E-state index in [0.29, 0.717) is 6.42 Å². The monoisotopic (exact) mass is 445 g/mol. The molecule has 0 radical (unpaired) electrons. The summed E-state index contributed by atoms with van der Waals surface area (Å²) in [5, 5.41) is 4.58. The standard InChI is InChI=1S/C22H24ClN3O5/c23-20(18(27)12-11-15-7-3-1-4-8-15)26-21(29)17(13-19(24)28)25-22(30)31-14-16-9-5-2-6-10-16/h1-10,17,20H,11-14H2,(H2,24,28)(H,25,30)(H,26,29). The zero-order chi connectivity index (χ0) is 22.6. The van der Waals surface area contributed by atoms with Gasteiger partial charge in [-0.2, -0.15) is 0 Å². The van der Waals surface area contributed by atoms with E-state index in [1.54, 1.807) is 24.3 Å². The van der Waals surface area contributed by atoms with Gasteiger partial charge in [-0.15, -0.1) is 0 Å². The van der Waals surface area contributed by atoms with Gasteiger partial charge in [-0.3, -0.25) is 14.4 Å². The molecule has 0 saturated carbocycles. The first-order valence-electron chi connectivity index (χ1n) is 9.61. The summed E-state index contributed by atoms with van der Waals surface area (Å²) in [7, 11) is 0. The number of carbonyl (C=O) groups is 4. The molecule has 9 heteroatoms. The number of nitrogens with two attached hydrogens (primary N) is 1. The molecule has 2 atom stereocenters. The summed E-state index contributed by atoms with van der Waals surface area (Å²) in [5.41, 5.74) is 5.56. The molecule has 0 saturated heterocycles. The number of Topliss-reactive ketones (excluding diaryl/α,β-unsaturated/α-hetero) is 1. The molecule has 0 spiro atoms. The average molecular weight is 446 g/mol. The van der Waals surface area contributed by atoms with Crippen molar-refractivity contribution in [2.75, 3.05) is 0 Å². The number of carbonyl (C=O) groups excluding carboxylic acids is 4. The smallest absolute Gasteiger partial charge is 0.408 e. The second-order valence-electron chi connectivity index (χ2n) is 6.75. The topological polar surface area (TPSA) is 128 Å². The van der Waals surface area contributed by atoms with Crippen LogP contribution in [-0.2, 0) is 32.1 Å². The predicted molar refractivity (Wildman–Crippen MR) is 115 cm³/mol. The predicted octanol–water partition coefficient (Wildman–Crippen LogP) is 2.04. The Labute approximate surface area is 185 Å². The van der Waals surface area contributed by atoms with Gasteiger partial charge in [-0.25, -0.2) is 4.79 Å². The van der Waals surface area contributed by atoms with Gasteiger partial charge in [0, 0.05) is 6.42 Å². The number of nitrogens with one attached hydrogen (secondary N) is 2. The van der Waals surface area contributed by atoms with Crippen LogP contribution in [0.5, 0.6) is 0 Å². The van der Waals surface area contributed by atoms with Gasteiger partial charge in [-0.1, -0.05) is 72.3 Å². The van der Waals surface area contributed by atoms with Gasteiger partial charge in [-0.05, 0) is 17.5 Å². The number of ketones is 1. The average Bonchev–Trinajstić information content (AvgIpc) is 2.76. The van der Waals surface area contributed by atoms with Crippen molar-refractivity contribution in [2.45, 2.75) is 37.4 Å². The first-order chi connectivity index (χ1) is 14.8. The van der Waals surface area contributed by atoms with Crippen molar-refractivity contribution in [3.05, 3.63) is 71.8 Å². The number of aryl methyl sites for hydroxylation is 1. The summed E-state index contributed by atoms with van der Waals surface area (Å²) in [5.74, 6) is -2.03. The zero-order valence-corrected chi connectivity index (χ0v) is 17.5. The SMILES string of the molecule is NC(=O)CC(NC(=O)OCc1ccccc1)C(=O)NC(Cl)C(=O)CCc1ccccc1. The Morgan fingerprint density at radius 1 is 0.903 bits per heavy atom. The van der Waals surface area contributed by atoms with Gasteiger partial charge < -0.3 is 21.1 Å². The Kier molecular flexibility index (Phi) is 9.51. The lowest BCUT2D eigenvalue weighted by Crippen LogP contribution is -2.51. The Hall–Kier alpha value is -3.39. The molecule has 0 bridgehead atoms. The molecule has 0 aliphatic carbocycles. The fourth-order valence-electron chi connectivity index (χ4n) is 2.66. The van der Waals surface area contributed by atoms with Crippen molar-refractivity contribution < 1.29 is 23.9 Å². The van der Waals surface area contributed by atoms with E-state index in [1.807, 2.05) is 36.4 Å². The van der Waals surface area contributed by atoms with Crippen LogP contribution in [0.25, 0.3) is 0 Å². The molecule has 164 valence electrons. The molecule has 0 aromatic heterocycles. The highest BCUT2D eigenvalue weighted by molar-refractivity contribution is 6.31. The molecule has 8 nitrogen and oxygen atoms in total. The fourth-order valence-corrected chi connectivity index (χ4v) is 2.88. The van der Waals surface area contributed by atoms with Crippen LogP contribution < -0.4 is 16.4 Å². The summed E-state index contributed by atoms with van der Waals surface area (Å²) < 4.78 is 5.05. The fraction of sp³-hybridized carbons (Fsp3) is 0.273. The molecule has 4 N–H and O–H groups in total. The molecule has 2 aromatic carbocycles. The molecular formula is C22H24ClN3O5. The molecule has 0 aliphatic rings. The molecule has 31 heavy (non-hydrogen) atoms. The maximum atomic E-state index is 12.5. The first kappa shape index (κ1) is 23.9. The highest BCUT2D eigenvalue weighted by Crippen LogP contribution is 2.07. The van der Waals surface area contributed by atoms with E-state index in [2.05, 4.69) is 10.6 Å². The number of halogens is 1. The van der Waals surface area contributed by atoms with Crippen LogP contribution in [0.15, 0.2) is 60.7 Å². The van der Waals surface area contributed by atoms with Crippen LogP contribution in [0.3, 0.4) is 0 Å². The number of alkyl carbamates (subject to hydrolysis) is 1. The van der Waals surface area contributed by atoms with Gasteiger partial charge in [0.2, 0.25) is 11.8 Å². The lowest BCUT2D eigenvalue weighted by Gasteiger charge is -2.19. The number of hydrogen-bond acceptors (Lipinski definition) is 5. The second kappa shape index (κ2) is 12.3. The Morgan fingerprint density at radius 3 is 2.06 bits per heavy atom. The Morgan fingerprint density at radius 2 is 1.48 bits per heavy atom. The molecule has 2 unspecified atom stereocenters. The van der Waals surface area contributed by atoms with Gasteiger partial charge in [0.15, 0.2) is 11.3 Å². The van der Waals surface area contributed by atoms with Gasteiger partial charge in [0.05, 0.1) is 6.42 Å². The lowest BCUT2D eigenvalue weighted by molar-refractivity contribution is -0.129. The maximum Gasteiger partial charge on any atom is 0.408 e. The third-order valence-corrected chi connectivity index (χ3v) is 4.63. The number of rotatable bonds is 11. The molecular weight excluding hydrogens is 422 g/mol. The molecule has 2 aromatic rings. The van der Waals surface area contributed by atoms with Crippen molar-refractivity contribution in [2.24, 2.45) is 5.73 Å². The van der Waals surface area contributed by atoms with E-state index in [4.69, 9.17) is 22.1 Å². The summed E-state index contributed by atoms with van der Waals surface area (Å²) in [6.07, 6.45) is -0.806. The third-order valence-electron chi connectivity index (χ3n) is 4.28. The van der Waals surface area contributed by atoms with Crippen molar-refractivity contribution in [3.63, 3.8) is 0 Å². The maximum absolute atomic E-state index is 12.5. The van der Waals surface area contributed by atoms with E-state index in [0.717, 1.165) is 11.1 Å². The van der Waals surface area contributed by atoms with Crippen LogP contribution in [0.1, 0.15) is 24.0 Å². The van der Waals surface area contributed by atoms with Crippen LogP contribution in [0.4, 0.5) is 4.79 Å². The summed E-state index contributed by atoms with van der Waals surface area (Å²) >= 11 is 6.01. The largest absolute Gasteiger partial charge is 0.445 e. The number of hydrogen-bond donors (Lipinski definition) is 3. The lowest BCUT2D eigenvalue weighted by atomic mass is 10.1. The zero-order valence-electron chi connectivity index (χ0n) is 16.8. The number of primary amides is 1. The Balaban J connectivity index is 1.86. The van der Waals surface area contributed by atoms with Gasteiger partial charge >= 0.3 is 6.09 Å². The van der Waals surface area contributed by atoms with Crippen LogP contribution in [0.2, 0.25) is 0 Å². The van der Waals surface area contributed by atoms with Crippen molar-refractivity contribution in [3.8, 4) is 0 Å². The number of benzene rings is 2. The van der Waals surface area contributed by atoms with Crippen LogP contribution in [-0.4, -0.2) is 35.2 Å². The molecule has 0 aliphatic heterocycles.